The van der Waals surface area contributed by atoms with Crippen molar-refractivity contribution in [1.82, 2.24) is 10.6 Å². The van der Waals surface area contributed by atoms with E-state index in [4.69, 9.17) is 9.57 Å². The van der Waals surface area contributed by atoms with Crippen LogP contribution in [0.4, 0.5) is 0 Å². The number of aryl methyl sites for hydroxylation is 1. The lowest BCUT2D eigenvalue weighted by atomic mass is 10.0. The second-order valence-electron chi connectivity index (χ2n) is 6.63. The van der Waals surface area contributed by atoms with E-state index in [1.807, 2.05) is 31.2 Å². The van der Waals surface area contributed by atoms with E-state index < -0.39 is 6.10 Å². The van der Waals surface area contributed by atoms with E-state index in [1.54, 1.807) is 0 Å². The molecule has 2 aliphatic heterocycles. The van der Waals surface area contributed by atoms with Crippen LogP contribution >= 0.6 is 0 Å². The molecule has 2 heterocycles. The standard InChI is InChI=1S/C19H25N3O4/c1-13-5-2-3-7-15(13)16-11-17(26-22-16)19(24)20-9-8-18(23)21-12-14-6-4-10-25-14/h2-3,5,7,14,17H,4,6,8-12H2,1H3,(H,20,24)(H,21,23). The number of hydrogen-bond donors (Lipinski definition) is 2. The van der Waals surface area contributed by atoms with Crippen molar-refractivity contribution in [1.29, 1.82) is 0 Å². The van der Waals surface area contributed by atoms with E-state index in [9.17, 15) is 9.59 Å². The van der Waals surface area contributed by atoms with Crippen LogP contribution in [0.1, 0.15) is 36.8 Å². The maximum atomic E-state index is 12.2. The van der Waals surface area contributed by atoms with Crippen molar-refractivity contribution in [2.75, 3.05) is 19.7 Å². The Balaban J connectivity index is 1.35. The van der Waals surface area contributed by atoms with Gasteiger partial charge in [0.2, 0.25) is 12.0 Å². The maximum absolute atomic E-state index is 12.2. The normalized spacial score (nSPS) is 21.8. The molecule has 0 aliphatic carbocycles. The molecule has 3 rings (SSSR count). The third kappa shape index (κ3) is 4.82. The zero-order chi connectivity index (χ0) is 18.4. The topological polar surface area (TPSA) is 89.0 Å². The molecular formula is C19H25N3O4. The predicted octanol–water partition coefficient (Wildman–Crippen LogP) is 1.29. The van der Waals surface area contributed by atoms with Crippen molar-refractivity contribution in [3.05, 3.63) is 35.4 Å². The van der Waals surface area contributed by atoms with Gasteiger partial charge in [-0.2, -0.15) is 0 Å². The first-order valence-electron chi connectivity index (χ1n) is 9.08. The summed E-state index contributed by atoms with van der Waals surface area (Å²) >= 11 is 0. The molecule has 2 unspecified atom stereocenters. The molecule has 1 aromatic carbocycles. The molecule has 140 valence electrons. The molecule has 0 saturated carbocycles. The van der Waals surface area contributed by atoms with Gasteiger partial charge in [-0.25, -0.2) is 0 Å². The molecule has 7 nitrogen and oxygen atoms in total. The van der Waals surface area contributed by atoms with Gasteiger partial charge in [0.15, 0.2) is 0 Å². The first-order valence-corrected chi connectivity index (χ1v) is 9.08. The summed E-state index contributed by atoms with van der Waals surface area (Å²) in [5.41, 5.74) is 2.87. The van der Waals surface area contributed by atoms with Crippen LogP contribution < -0.4 is 10.6 Å². The first kappa shape index (κ1) is 18.4. The van der Waals surface area contributed by atoms with Gasteiger partial charge in [-0.05, 0) is 25.3 Å². The van der Waals surface area contributed by atoms with Crippen LogP contribution in [-0.4, -0.2) is 49.4 Å². The van der Waals surface area contributed by atoms with E-state index in [1.165, 1.54) is 0 Å². The number of carbonyl (C=O) groups is 2. The molecule has 7 heteroatoms. The Labute approximate surface area is 153 Å². The molecule has 1 fully saturated rings. The fraction of sp³-hybridized carbons (Fsp3) is 0.526. The SMILES string of the molecule is Cc1ccccc1C1=NOC(C(=O)NCCC(=O)NCC2CCCO2)C1. The quantitative estimate of drug-likeness (QED) is 0.768. The maximum Gasteiger partial charge on any atom is 0.264 e. The number of carbonyl (C=O) groups excluding carboxylic acids is 2. The van der Waals surface area contributed by atoms with E-state index in [-0.39, 0.29) is 30.9 Å². The number of nitrogens with one attached hydrogen (secondary N) is 2. The zero-order valence-electron chi connectivity index (χ0n) is 15.0. The van der Waals surface area contributed by atoms with Crippen LogP contribution in [0.25, 0.3) is 0 Å². The Hall–Kier alpha value is -2.41. The fourth-order valence-corrected chi connectivity index (χ4v) is 3.11. The van der Waals surface area contributed by atoms with Crippen molar-refractivity contribution in [3.8, 4) is 0 Å². The van der Waals surface area contributed by atoms with Gasteiger partial charge >= 0.3 is 0 Å². The number of hydrogen-bond acceptors (Lipinski definition) is 5. The fourth-order valence-electron chi connectivity index (χ4n) is 3.11. The van der Waals surface area contributed by atoms with Crippen LogP contribution in [-0.2, 0) is 19.2 Å². The summed E-state index contributed by atoms with van der Waals surface area (Å²) in [5, 5.41) is 9.62. The monoisotopic (exact) mass is 359 g/mol. The summed E-state index contributed by atoms with van der Waals surface area (Å²) < 4.78 is 5.45. The van der Waals surface area contributed by atoms with Gasteiger partial charge in [-0.15, -0.1) is 0 Å². The van der Waals surface area contributed by atoms with Gasteiger partial charge in [0.05, 0.1) is 11.8 Å². The molecule has 2 atom stereocenters. The van der Waals surface area contributed by atoms with Crippen molar-refractivity contribution in [2.24, 2.45) is 5.16 Å². The third-order valence-corrected chi connectivity index (χ3v) is 4.62. The molecule has 1 aromatic rings. The van der Waals surface area contributed by atoms with Crippen LogP contribution in [0.3, 0.4) is 0 Å². The van der Waals surface area contributed by atoms with Crippen molar-refractivity contribution in [2.45, 2.75) is 44.8 Å². The Morgan fingerprint density at radius 1 is 1.27 bits per heavy atom. The van der Waals surface area contributed by atoms with Gasteiger partial charge in [0, 0.05) is 38.1 Å². The van der Waals surface area contributed by atoms with Crippen LogP contribution in [0, 0.1) is 6.92 Å². The van der Waals surface area contributed by atoms with Crippen LogP contribution in [0.5, 0.6) is 0 Å². The number of ether oxygens (including phenoxy) is 1. The summed E-state index contributed by atoms with van der Waals surface area (Å²) in [6.45, 7) is 3.58. The summed E-state index contributed by atoms with van der Waals surface area (Å²) in [6.07, 6.45) is 2.18. The summed E-state index contributed by atoms with van der Waals surface area (Å²) in [4.78, 5) is 29.3. The predicted molar refractivity (Wildman–Crippen MR) is 96.8 cm³/mol. The van der Waals surface area contributed by atoms with Crippen LogP contribution in [0.2, 0.25) is 0 Å². The minimum Gasteiger partial charge on any atom is -0.382 e. The number of oxime groups is 1. The molecule has 0 bridgehead atoms. The summed E-state index contributed by atoms with van der Waals surface area (Å²) in [6, 6.07) is 7.87. The second-order valence-corrected chi connectivity index (χ2v) is 6.63. The number of nitrogens with zero attached hydrogens (tertiary/aromatic N) is 1. The van der Waals surface area contributed by atoms with Gasteiger partial charge in [0.25, 0.3) is 5.91 Å². The Bertz CT molecular complexity index is 683. The second kappa shape index (κ2) is 8.80. The van der Waals surface area contributed by atoms with E-state index >= 15 is 0 Å². The average molecular weight is 359 g/mol. The van der Waals surface area contributed by atoms with E-state index in [2.05, 4.69) is 15.8 Å². The van der Waals surface area contributed by atoms with Crippen molar-refractivity contribution >= 4 is 17.5 Å². The van der Waals surface area contributed by atoms with E-state index in [0.717, 1.165) is 36.3 Å². The molecule has 2 N–H and O–H groups in total. The van der Waals surface area contributed by atoms with E-state index in [0.29, 0.717) is 13.0 Å². The number of benzene rings is 1. The Kier molecular flexibility index (Phi) is 6.22. The molecule has 2 aliphatic rings. The van der Waals surface area contributed by atoms with Crippen LogP contribution in [0.15, 0.2) is 29.4 Å². The van der Waals surface area contributed by atoms with Gasteiger partial charge in [0.1, 0.15) is 0 Å². The molecule has 0 aromatic heterocycles. The molecule has 26 heavy (non-hydrogen) atoms. The number of rotatable bonds is 7. The lowest BCUT2D eigenvalue weighted by molar-refractivity contribution is -0.131. The highest BCUT2D eigenvalue weighted by Gasteiger charge is 2.29. The smallest absolute Gasteiger partial charge is 0.264 e. The molecule has 2 amide bonds. The molecular weight excluding hydrogens is 334 g/mol. The average Bonchev–Trinajstić information content (AvgIpc) is 3.32. The Morgan fingerprint density at radius 2 is 2.12 bits per heavy atom. The minimum atomic E-state index is -0.639. The van der Waals surface area contributed by atoms with Crippen molar-refractivity contribution < 1.29 is 19.2 Å². The molecule has 0 radical (unpaired) electrons. The zero-order valence-corrected chi connectivity index (χ0v) is 15.0. The molecule has 0 spiro atoms. The lowest BCUT2D eigenvalue weighted by Crippen LogP contribution is -2.38. The molecule has 1 saturated heterocycles. The van der Waals surface area contributed by atoms with Gasteiger partial charge in [-0.3, -0.25) is 9.59 Å². The highest BCUT2D eigenvalue weighted by Crippen LogP contribution is 2.19. The summed E-state index contributed by atoms with van der Waals surface area (Å²) in [5.74, 6) is -0.339. The summed E-state index contributed by atoms with van der Waals surface area (Å²) in [7, 11) is 0. The van der Waals surface area contributed by atoms with Gasteiger partial charge in [-0.1, -0.05) is 29.4 Å². The van der Waals surface area contributed by atoms with Crippen molar-refractivity contribution in [3.63, 3.8) is 0 Å². The minimum absolute atomic E-state index is 0.0926. The first-order chi connectivity index (χ1) is 12.6. The number of amides is 2. The largest absolute Gasteiger partial charge is 0.382 e. The Morgan fingerprint density at radius 3 is 2.88 bits per heavy atom. The highest BCUT2D eigenvalue weighted by molar-refractivity contribution is 6.05. The highest BCUT2D eigenvalue weighted by atomic mass is 16.6. The third-order valence-electron chi connectivity index (χ3n) is 4.62. The van der Waals surface area contributed by atoms with Gasteiger partial charge < -0.3 is 20.2 Å². The lowest BCUT2D eigenvalue weighted by Gasteiger charge is -2.12.